The molecule has 0 saturated heterocycles. The Morgan fingerprint density at radius 1 is 1.14 bits per heavy atom. The summed E-state index contributed by atoms with van der Waals surface area (Å²) in [4.78, 5) is 0. The molecule has 3 rings (SSSR count). The van der Waals surface area contributed by atoms with Crippen molar-refractivity contribution in [2.75, 3.05) is 0 Å². The van der Waals surface area contributed by atoms with Crippen LogP contribution >= 0.6 is 0 Å². The lowest BCUT2D eigenvalue weighted by molar-refractivity contribution is 0.0219. The zero-order chi connectivity index (χ0) is 15.1. The molecule has 1 fully saturated rings. The van der Waals surface area contributed by atoms with E-state index in [0.717, 1.165) is 36.9 Å². The van der Waals surface area contributed by atoms with Crippen molar-refractivity contribution in [3.8, 4) is 0 Å². The molecule has 0 aliphatic heterocycles. The molecule has 1 aliphatic carbocycles. The minimum atomic E-state index is -0.592. The zero-order valence-corrected chi connectivity index (χ0v) is 13.4. The lowest BCUT2D eigenvalue weighted by Gasteiger charge is -2.27. The summed E-state index contributed by atoms with van der Waals surface area (Å²) in [6.07, 6.45) is 5.84. The Bertz CT molecular complexity index is 644. The van der Waals surface area contributed by atoms with Crippen LogP contribution in [0.15, 0.2) is 24.3 Å². The van der Waals surface area contributed by atoms with Gasteiger partial charge < -0.3 is 5.11 Å². The van der Waals surface area contributed by atoms with Crippen molar-refractivity contribution < 1.29 is 5.11 Å². The summed E-state index contributed by atoms with van der Waals surface area (Å²) >= 11 is 0. The molecule has 0 radical (unpaired) electrons. The summed E-state index contributed by atoms with van der Waals surface area (Å²) in [7, 11) is 1.98. The van der Waals surface area contributed by atoms with Gasteiger partial charge in [-0.2, -0.15) is 5.10 Å². The van der Waals surface area contributed by atoms with Crippen molar-refractivity contribution in [3.63, 3.8) is 0 Å². The van der Waals surface area contributed by atoms with E-state index in [0.29, 0.717) is 11.8 Å². The lowest BCUT2D eigenvalue weighted by atomic mass is 9.83. The first kappa shape index (κ1) is 14.6. The van der Waals surface area contributed by atoms with Gasteiger partial charge in [0.25, 0.3) is 0 Å². The third kappa shape index (κ3) is 2.98. The van der Waals surface area contributed by atoms with Gasteiger partial charge in [0.2, 0.25) is 0 Å². The fraction of sp³-hybridized carbons (Fsp3) is 0.611. The van der Waals surface area contributed by atoms with Gasteiger partial charge in [0.15, 0.2) is 0 Å². The van der Waals surface area contributed by atoms with Gasteiger partial charge in [0.1, 0.15) is 0 Å². The molecule has 1 aromatic carbocycles. The lowest BCUT2D eigenvalue weighted by Crippen LogP contribution is -2.31. The van der Waals surface area contributed by atoms with Gasteiger partial charge in [-0.05, 0) is 37.2 Å². The molecule has 21 heavy (non-hydrogen) atoms. The van der Waals surface area contributed by atoms with Crippen LogP contribution in [0.4, 0.5) is 0 Å². The van der Waals surface area contributed by atoms with Gasteiger partial charge in [-0.3, -0.25) is 4.68 Å². The first-order chi connectivity index (χ1) is 9.89. The van der Waals surface area contributed by atoms with Gasteiger partial charge >= 0.3 is 0 Å². The average Bonchev–Trinajstić information content (AvgIpc) is 2.66. The highest BCUT2D eigenvalue weighted by molar-refractivity contribution is 5.81. The van der Waals surface area contributed by atoms with Crippen LogP contribution in [0.5, 0.6) is 0 Å². The predicted octanol–water partition coefficient (Wildman–Crippen LogP) is 3.84. The number of nitrogens with zero attached hydrogens (tertiary/aromatic N) is 2. The van der Waals surface area contributed by atoms with Crippen LogP contribution in [-0.2, 0) is 13.5 Å². The van der Waals surface area contributed by atoms with Crippen molar-refractivity contribution >= 4 is 10.9 Å². The fourth-order valence-corrected chi connectivity index (χ4v) is 3.62. The number of aryl methyl sites for hydroxylation is 1. The van der Waals surface area contributed by atoms with E-state index >= 15 is 0 Å². The minimum absolute atomic E-state index is 0.358. The van der Waals surface area contributed by atoms with Crippen LogP contribution in [-0.4, -0.2) is 20.5 Å². The van der Waals surface area contributed by atoms with Gasteiger partial charge in [-0.15, -0.1) is 0 Å². The van der Waals surface area contributed by atoms with E-state index in [2.05, 4.69) is 31.1 Å². The predicted molar refractivity (Wildman–Crippen MR) is 86.2 cm³/mol. The molecule has 0 amide bonds. The SMILES string of the molecule is Cn1nc(CC2(O)CCCC(C)(C)CC2)c2ccccc21. The Hall–Kier alpha value is -1.35. The Kier molecular flexibility index (Phi) is 3.56. The number of para-hydroxylation sites is 1. The van der Waals surface area contributed by atoms with Crippen molar-refractivity contribution in [1.82, 2.24) is 9.78 Å². The molecular weight excluding hydrogens is 260 g/mol. The molecule has 2 aromatic rings. The summed E-state index contributed by atoms with van der Waals surface area (Å²) < 4.78 is 1.93. The molecule has 1 unspecified atom stereocenters. The maximum absolute atomic E-state index is 11.1. The first-order valence-electron chi connectivity index (χ1n) is 8.02. The summed E-state index contributed by atoms with van der Waals surface area (Å²) in [6, 6.07) is 8.29. The van der Waals surface area contributed by atoms with E-state index in [1.165, 1.54) is 11.8 Å². The van der Waals surface area contributed by atoms with Gasteiger partial charge in [-0.25, -0.2) is 0 Å². The van der Waals surface area contributed by atoms with Crippen LogP contribution in [0, 0.1) is 5.41 Å². The molecule has 1 saturated carbocycles. The highest BCUT2D eigenvalue weighted by atomic mass is 16.3. The normalized spacial score (nSPS) is 25.9. The van der Waals surface area contributed by atoms with Crippen molar-refractivity contribution in [3.05, 3.63) is 30.0 Å². The van der Waals surface area contributed by atoms with Gasteiger partial charge in [-0.1, -0.05) is 38.5 Å². The highest BCUT2D eigenvalue weighted by Gasteiger charge is 2.35. The summed E-state index contributed by atoms with van der Waals surface area (Å²) in [5.41, 5.74) is 1.95. The monoisotopic (exact) mass is 286 g/mol. The third-order valence-corrected chi connectivity index (χ3v) is 5.09. The standard InChI is InChI=1S/C18H26N2O/c1-17(2)9-6-10-18(21,12-11-17)13-15-14-7-4-5-8-16(14)20(3)19-15/h4-5,7-8,21H,6,9-13H2,1-3H3. The minimum Gasteiger partial charge on any atom is -0.389 e. The Morgan fingerprint density at radius 3 is 2.71 bits per heavy atom. The second kappa shape index (κ2) is 5.13. The van der Waals surface area contributed by atoms with E-state index in [9.17, 15) is 5.11 Å². The maximum Gasteiger partial charge on any atom is 0.0731 e. The second-order valence-corrected chi connectivity index (χ2v) is 7.51. The largest absolute Gasteiger partial charge is 0.389 e. The molecule has 0 bridgehead atoms. The van der Waals surface area contributed by atoms with Crippen molar-refractivity contribution in [2.45, 2.75) is 58.0 Å². The van der Waals surface area contributed by atoms with E-state index in [-0.39, 0.29) is 0 Å². The number of fused-ring (bicyclic) bond motifs is 1. The number of hydrogen-bond acceptors (Lipinski definition) is 2. The second-order valence-electron chi connectivity index (χ2n) is 7.51. The molecule has 0 spiro atoms. The van der Waals surface area contributed by atoms with Crippen LogP contribution in [0.1, 0.15) is 51.6 Å². The maximum atomic E-state index is 11.1. The van der Waals surface area contributed by atoms with Crippen molar-refractivity contribution in [2.24, 2.45) is 12.5 Å². The van der Waals surface area contributed by atoms with Crippen molar-refractivity contribution in [1.29, 1.82) is 0 Å². The molecule has 3 nitrogen and oxygen atoms in total. The molecule has 1 atom stereocenters. The molecule has 1 heterocycles. The topological polar surface area (TPSA) is 38.0 Å². The van der Waals surface area contributed by atoms with Crippen LogP contribution in [0.25, 0.3) is 10.9 Å². The smallest absolute Gasteiger partial charge is 0.0731 e. The summed E-state index contributed by atoms with van der Waals surface area (Å²) in [5.74, 6) is 0. The van der Waals surface area contributed by atoms with Crippen LogP contribution < -0.4 is 0 Å². The van der Waals surface area contributed by atoms with E-state index in [1.807, 2.05) is 23.9 Å². The number of aromatic nitrogens is 2. The number of hydrogen-bond donors (Lipinski definition) is 1. The van der Waals surface area contributed by atoms with Gasteiger partial charge in [0.05, 0.1) is 16.8 Å². The summed E-state index contributed by atoms with van der Waals surface area (Å²) in [5, 5.41) is 16.9. The fourth-order valence-electron chi connectivity index (χ4n) is 3.62. The molecule has 114 valence electrons. The number of benzene rings is 1. The Balaban J connectivity index is 1.87. The van der Waals surface area contributed by atoms with Gasteiger partial charge in [0, 0.05) is 18.9 Å². The van der Waals surface area contributed by atoms with E-state index < -0.39 is 5.60 Å². The number of rotatable bonds is 2. The zero-order valence-electron chi connectivity index (χ0n) is 13.4. The van der Waals surface area contributed by atoms with Crippen LogP contribution in [0.2, 0.25) is 0 Å². The molecule has 1 N–H and O–H groups in total. The number of aliphatic hydroxyl groups is 1. The van der Waals surface area contributed by atoms with E-state index in [1.54, 1.807) is 0 Å². The first-order valence-corrected chi connectivity index (χ1v) is 8.02. The molecular formula is C18H26N2O. The Labute approximate surface area is 127 Å². The quantitative estimate of drug-likeness (QED) is 0.852. The summed E-state index contributed by atoms with van der Waals surface area (Å²) in [6.45, 7) is 4.63. The Morgan fingerprint density at radius 2 is 1.90 bits per heavy atom. The average molecular weight is 286 g/mol. The highest BCUT2D eigenvalue weighted by Crippen LogP contribution is 2.39. The molecule has 1 aliphatic rings. The van der Waals surface area contributed by atoms with E-state index in [4.69, 9.17) is 0 Å². The van der Waals surface area contributed by atoms with Crippen LogP contribution in [0.3, 0.4) is 0 Å². The molecule has 1 aromatic heterocycles. The molecule has 3 heteroatoms. The third-order valence-electron chi connectivity index (χ3n) is 5.09.